The van der Waals surface area contributed by atoms with E-state index in [1.165, 1.54) is 51.4 Å². The first kappa shape index (κ1) is 21.0. The first-order valence-corrected chi connectivity index (χ1v) is 9.94. The maximum atomic E-state index is 11.1. The largest absolute Gasteiger partial charge is 0.496 e. The quantitative estimate of drug-likeness (QED) is 0.216. The van der Waals surface area contributed by atoms with Crippen LogP contribution in [0.5, 0.6) is 11.5 Å². The molecule has 0 radical (unpaired) electrons. The molecule has 136 valence electrons. The van der Waals surface area contributed by atoms with E-state index in [0.717, 1.165) is 24.0 Å². The zero-order valence-corrected chi connectivity index (χ0v) is 16.9. The van der Waals surface area contributed by atoms with Crippen molar-refractivity contribution in [1.29, 1.82) is 0 Å². The smallest absolute Gasteiger partial charge is 0.153 e. The fraction of sp³-hybridized carbons (Fsp3) is 0.650. The van der Waals surface area contributed by atoms with Gasteiger partial charge in [-0.15, -0.1) is 0 Å². The highest BCUT2D eigenvalue weighted by molar-refractivity contribution is 9.09. The van der Waals surface area contributed by atoms with Gasteiger partial charge in [0, 0.05) is 10.4 Å². The van der Waals surface area contributed by atoms with E-state index >= 15 is 0 Å². The standard InChI is InChI=1S/C20H31BrO3/c1-4-5-6-7-8-9-10-11-12-18(21)17-14-19(23-2)16(15-22)13-20(17)24-3/h13-15,18H,4-12H2,1-3H3. The summed E-state index contributed by atoms with van der Waals surface area (Å²) in [6, 6.07) is 3.66. The second-order valence-electron chi connectivity index (χ2n) is 6.19. The second-order valence-corrected chi connectivity index (χ2v) is 7.29. The Morgan fingerprint density at radius 1 is 0.958 bits per heavy atom. The summed E-state index contributed by atoms with van der Waals surface area (Å²) in [5, 5.41) is 0. The van der Waals surface area contributed by atoms with Crippen LogP contribution >= 0.6 is 15.9 Å². The van der Waals surface area contributed by atoms with Gasteiger partial charge >= 0.3 is 0 Å². The van der Waals surface area contributed by atoms with Gasteiger partial charge in [-0.3, -0.25) is 4.79 Å². The molecule has 1 atom stereocenters. The number of rotatable bonds is 13. The molecule has 0 heterocycles. The van der Waals surface area contributed by atoms with Crippen LogP contribution in [0.15, 0.2) is 12.1 Å². The van der Waals surface area contributed by atoms with E-state index in [2.05, 4.69) is 22.9 Å². The number of halogens is 1. The summed E-state index contributed by atoms with van der Waals surface area (Å²) in [5.41, 5.74) is 1.56. The van der Waals surface area contributed by atoms with Crippen molar-refractivity contribution in [3.05, 3.63) is 23.3 Å². The van der Waals surface area contributed by atoms with Crippen LogP contribution < -0.4 is 9.47 Å². The number of hydrogen-bond donors (Lipinski definition) is 0. The Bertz CT molecular complexity index is 488. The van der Waals surface area contributed by atoms with Crippen LogP contribution in [0.3, 0.4) is 0 Å². The molecule has 0 aromatic heterocycles. The Morgan fingerprint density at radius 3 is 2.08 bits per heavy atom. The van der Waals surface area contributed by atoms with E-state index in [1.54, 1.807) is 20.3 Å². The maximum Gasteiger partial charge on any atom is 0.153 e. The van der Waals surface area contributed by atoms with E-state index in [9.17, 15) is 4.79 Å². The fourth-order valence-electron chi connectivity index (χ4n) is 2.89. The van der Waals surface area contributed by atoms with Gasteiger partial charge in [0.2, 0.25) is 0 Å². The SMILES string of the molecule is CCCCCCCCCCC(Br)c1cc(OC)c(C=O)cc1OC. The molecule has 0 amide bonds. The van der Waals surface area contributed by atoms with Crippen molar-refractivity contribution >= 4 is 22.2 Å². The minimum Gasteiger partial charge on any atom is -0.496 e. The highest BCUT2D eigenvalue weighted by atomic mass is 79.9. The summed E-state index contributed by atoms with van der Waals surface area (Å²) < 4.78 is 10.8. The number of aldehydes is 1. The first-order valence-electron chi connectivity index (χ1n) is 9.03. The Hall–Kier alpha value is -1.03. The molecule has 1 rings (SSSR count). The third kappa shape index (κ3) is 6.84. The lowest BCUT2D eigenvalue weighted by atomic mass is 10.0. The number of hydrogen-bond acceptors (Lipinski definition) is 3. The molecule has 4 heteroatoms. The number of alkyl halides is 1. The fourth-order valence-corrected chi connectivity index (χ4v) is 3.58. The summed E-state index contributed by atoms with van der Waals surface area (Å²) >= 11 is 3.77. The van der Waals surface area contributed by atoms with Crippen molar-refractivity contribution in [3.63, 3.8) is 0 Å². The monoisotopic (exact) mass is 398 g/mol. The summed E-state index contributed by atoms with van der Waals surface area (Å²) in [6.45, 7) is 2.25. The van der Waals surface area contributed by atoms with Crippen molar-refractivity contribution in [2.24, 2.45) is 0 Å². The van der Waals surface area contributed by atoms with Crippen LogP contribution in [0.25, 0.3) is 0 Å². The molecule has 1 unspecified atom stereocenters. The molecule has 1 aromatic rings. The zero-order valence-electron chi connectivity index (χ0n) is 15.3. The molecular formula is C20H31BrO3. The molecule has 24 heavy (non-hydrogen) atoms. The molecule has 0 spiro atoms. The molecule has 0 saturated carbocycles. The van der Waals surface area contributed by atoms with Crippen LogP contribution in [-0.4, -0.2) is 20.5 Å². The summed E-state index contributed by atoms with van der Waals surface area (Å²) in [4.78, 5) is 11.3. The first-order chi connectivity index (χ1) is 11.7. The predicted molar refractivity (Wildman–Crippen MR) is 104 cm³/mol. The zero-order chi connectivity index (χ0) is 17.8. The number of carbonyl (C=O) groups excluding carboxylic acids is 1. The third-order valence-electron chi connectivity index (χ3n) is 4.36. The number of unbranched alkanes of at least 4 members (excludes halogenated alkanes) is 7. The summed E-state index contributed by atoms with van der Waals surface area (Å²) in [5.74, 6) is 1.33. The summed E-state index contributed by atoms with van der Waals surface area (Å²) in [7, 11) is 3.22. The Labute approximate surface area is 155 Å². The molecule has 3 nitrogen and oxygen atoms in total. The van der Waals surface area contributed by atoms with Gasteiger partial charge in [-0.25, -0.2) is 0 Å². The molecule has 0 fully saturated rings. The van der Waals surface area contributed by atoms with Gasteiger partial charge in [0.25, 0.3) is 0 Å². The van der Waals surface area contributed by atoms with Crippen molar-refractivity contribution in [2.45, 2.75) is 69.5 Å². The normalized spacial score (nSPS) is 12.0. The lowest BCUT2D eigenvalue weighted by molar-refractivity contribution is 0.112. The van der Waals surface area contributed by atoms with E-state index < -0.39 is 0 Å². The minimum absolute atomic E-state index is 0.210. The van der Waals surface area contributed by atoms with Gasteiger partial charge in [0.1, 0.15) is 11.5 Å². The molecule has 1 aromatic carbocycles. The van der Waals surface area contributed by atoms with Gasteiger partial charge in [-0.2, -0.15) is 0 Å². The average Bonchev–Trinajstić information content (AvgIpc) is 2.62. The van der Waals surface area contributed by atoms with E-state index in [0.29, 0.717) is 11.3 Å². The van der Waals surface area contributed by atoms with Crippen molar-refractivity contribution in [3.8, 4) is 11.5 Å². The Balaban J connectivity index is 2.49. The van der Waals surface area contributed by atoms with Gasteiger partial charge in [-0.05, 0) is 18.6 Å². The molecule has 0 aliphatic carbocycles. The van der Waals surface area contributed by atoms with E-state index in [1.807, 2.05) is 6.07 Å². The maximum absolute atomic E-state index is 11.1. The number of benzene rings is 1. The lowest BCUT2D eigenvalue weighted by Crippen LogP contribution is -2.00. The van der Waals surface area contributed by atoms with Gasteiger partial charge in [-0.1, -0.05) is 74.2 Å². The minimum atomic E-state index is 0.210. The van der Waals surface area contributed by atoms with Gasteiger partial charge in [0.15, 0.2) is 6.29 Å². The van der Waals surface area contributed by atoms with Gasteiger partial charge in [0.05, 0.1) is 19.8 Å². The Morgan fingerprint density at radius 2 is 1.54 bits per heavy atom. The molecular weight excluding hydrogens is 368 g/mol. The van der Waals surface area contributed by atoms with Crippen LogP contribution in [0.1, 0.15) is 85.5 Å². The molecule has 0 aliphatic rings. The number of ether oxygens (including phenoxy) is 2. The highest BCUT2D eigenvalue weighted by Crippen LogP contribution is 2.38. The third-order valence-corrected chi connectivity index (χ3v) is 5.31. The van der Waals surface area contributed by atoms with Crippen molar-refractivity contribution in [2.75, 3.05) is 14.2 Å². The second kappa shape index (κ2) is 12.3. The lowest BCUT2D eigenvalue weighted by Gasteiger charge is -2.17. The molecule has 0 saturated heterocycles. The molecule has 0 bridgehead atoms. The van der Waals surface area contributed by atoms with Crippen LogP contribution in [0.2, 0.25) is 0 Å². The predicted octanol–water partition coefficient (Wildman–Crippen LogP) is 6.48. The van der Waals surface area contributed by atoms with Gasteiger partial charge < -0.3 is 9.47 Å². The van der Waals surface area contributed by atoms with Crippen LogP contribution in [0.4, 0.5) is 0 Å². The highest BCUT2D eigenvalue weighted by Gasteiger charge is 2.17. The van der Waals surface area contributed by atoms with Crippen molar-refractivity contribution in [1.82, 2.24) is 0 Å². The van der Waals surface area contributed by atoms with Crippen molar-refractivity contribution < 1.29 is 14.3 Å². The Kier molecular flexibility index (Phi) is 10.8. The van der Waals surface area contributed by atoms with E-state index in [-0.39, 0.29) is 4.83 Å². The topological polar surface area (TPSA) is 35.5 Å². The van der Waals surface area contributed by atoms with Crippen LogP contribution in [0, 0.1) is 0 Å². The average molecular weight is 399 g/mol. The number of methoxy groups -OCH3 is 2. The van der Waals surface area contributed by atoms with E-state index in [4.69, 9.17) is 9.47 Å². The number of carbonyl (C=O) groups is 1. The molecule has 0 N–H and O–H groups in total. The molecule has 0 aliphatic heterocycles. The summed E-state index contributed by atoms with van der Waals surface area (Å²) in [6.07, 6.45) is 12.4. The van der Waals surface area contributed by atoms with Crippen LogP contribution in [-0.2, 0) is 0 Å².